The molecule has 0 saturated heterocycles. The third-order valence-electron chi connectivity index (χ3n) is 3.75. The van der Waals surface area contributed by atoms with Crippen LogP contribution in [0.15, 0.2) is 29.2 Å². The summed E-state index contributed by atoms with van der Waals surface area (Å²) in [5, 5.41) is 24.5. The Balaban J connectivity index is 2.25. The van der Waals surface area contributed by atoms with Gasteiger partial charge in [-0.05, 0) is 46.1 Å². The Labute approximate surface area is 176 Å². The fourth-order valence-corrected chi connectivity index (χ4v) is 3.66. The van der Waals surface area contributed by atoms with Gasteiger partial charge in [-0.25, -0.2) is 17.9 Å². The first-order valence-corrected chi connectivity index (χ1v) is 11.0. The predicted octanol–water partition coefficient (Wildman–Crippen LogP) is 2.26. The van der Waals surface area contributed by atoms with E-state index in [0.717, 1.165) is 11.1 Å². The number of sulfonamides is 1. The van der Waals surface area contributed by atoms with Crippen molar-refractivity contribution in [3.8, 4) is 0 Å². The second-order valence-corrected chi connectivity index (χ2v) is 9.30. The van der Waals surface area contributed by atoms with Crippen LogP contribution in [-0.4, -0.2) is 61.5 Å². The van der Waals surface area contributed by atoms with E-state index in [2.05, 4.69) is 10.0 Å². The molecular weight excluding hydrogens is 416 g/mol. The van der Waals surface area contributed by atoms with E-state index in [1.165, 1.54) is 18.2 Å². The first-order chi connectivity index (χ1) is 13.9. The van der Waals surface area contributed by atoms with Crippen molar-refractivity contribution in [2.24, 2.45) is 0 Å². The van der Waals surface area contributed by atoms with Crippen molar-refractivity contribution in [3.05, 3.63) is 34.4 Å². The normalized spacial score (nSPS) is 12.0. The zero-order valence-corrected chi connectivity index (χ0v) is 18.3. The lowest BCUT2D eigenvalue weighted by Gasteiger charge is -2.20. The molecule has 12 heteroatoms. The Hall–Kier alpha value is -2.28. The first kappa shape index (κ1) is 25.8. The highest BCUT2D eigenvalue weighted by Gasteiger charge is 2.24. The Morgan fingerprint density at radius 2 is 1.80 bits per heavy atom. The molecular formula is C18H30N4O7S. The first-order valence-electron chi connectivity index (χ1n) is 9.56. The number of unbranched alkanes of at least 4 members (excludes halogenated alkanes) is 1. The summed E-state index contributed by atoms with van der Waals surface area (Å²) in [6.45, 7) is 6.39. The maximum Gasteiger partial charge on any atom is 0.407 e. The number of nitrogens with zero attached hydrogens (tertiary/aromatic N) is 2. The number of carbonyl (C=O) groups is 1. The molecule has 0 saturated carbocycles. The Kier molecular flexibility index (Phi) is 10.1. The van der Waals surface area contributed by atoms with Crippen LogP contribution < -0.4 is 10.0 Å². The number of hydrogen-bond donors (Lipinski definition) is 3. The molecule has 0 aliphatic heterocycles. The molecule has 0 aromatic heterocycles. The maximum absolute atomic E-state index is 12.3. The molecule has 0 fully saturated rings. The number of nitro benzene ring substituents is 1. The predicted molar refractivity (Wildman–Crippen MR) is 110 cm³/mol. The van der Waals surface area contributed by atoms with Gasteiger partial charge in [-0.3, -0.25) is 10.1 Å². The average Bonchev–Trinajstić information content (AvgIpc) is 2.63. The minimum atomic E-state index is -4.00. The van der Waals surface area contributed by atoms with Crippen molar-refractivity contribution in [2.45, 2.75) is 50.5 Å². The molecule has 0 spiro atoms. The summed E-state index contributed by atoms with van der Waals surface area (Å²) in [6.07, 6.45) is 0.945. The molecule has 11 nitrogen and oxygen atoms in total. The van der Waals surface area contributed by atoms with Gasteiger partial charge in [0, 0.05) is 32.2 Å². The van der Waals surface area contributed by atoms with Crippen molar-refractivity contribution >= 4 is 21.8 Å². The lowest BCUT2D eigenvalue weighted by Crippen LogP contribution is -2.34. The molecule has 0 bridgehead atoms. The molecule has 0 radical (unpaired) electrons. The molecule has 0 aliphatic carbocycles. The molecule has 1 aromatic carbocycles. The molecule has 30 heavy (non-hydrogen) atoms. The molecule has 0 unspecified atom stereocenters. The van der Waals surface area contributed by atoms with Crippen LogP contribution in [0.3, 0.4) is 0 Å². The summed E-state index contributed by atoms with van der Waals surface area (Å²) in [5.74, 6) is 0. The molecule has 0 heterocycles. The zero-order valence-electron chi connectivity index (χ0n) is 17.5. The van der Waals surface area contributed by atoms with Crippen LogP contribution in [0.1, 0.15) is 40.0 Å². The SMILES string of the molecule is CC(C)(C)OC(=O)NCCCN(O)CCCCNS(=O)(=O)c1ccccc1[N+](=O)[O-]. The smallest absolute Gasteiger partial charge is 0.407 e. The fourth-order valence-electron chi connectivity index (χ4n) is 2.42. The number of nitro groups is 1. The number of nitrogens with one attached hydrogen (secondary N) is 2. The lowest BCUT2D eigenvalue weighted by atomic mass is 10.2. The van der Waals surface area contributed by atoms with Crippen molar-refractivity contribution in [3.63, 3.8) is 0 Å². The van der Waals surface area contributed by atoms with Crippen LogP contribution in [0, 0.1) is 10.1 Å². The van der Waals surface area contributed by atoms with Gasteiger partial charge in [0.1, 0.15) is 5.60 Å². The van der Waals surface area contributed by atoms with Gasteiger partial charge in [-0.2, -0.15) is 5.06 Å². The summed E-state index contributed by atoms with van der Waals surface area (Å²) in [6, 6.07) is 5.13. The second-order valence-electron chi connectivity index (χ2n) is 7.57. The van der Waals surface area contributed by atoms with E-state index >= 15 is 0 Å². The number of alkyl carbamates (subject to hydrolysis) is 1. The van der Waals surface area contributed by atoms with Gasteiger partial charge in [0.2, 0.25) is 10.0 Å². The number of hydrogen-bond acceptors (Lipinski definition) is 8. The summed E-state index contributed by atoms with van der Waals surface area (Å²) in [4.78, 5) is 21.3. The van der Waals surface area contributed by atoms with Crippen LogP contribution in [-0.2, 0) is 14.8 Å². The molecule has 0 atom stereocenters. The van der Waals surface area contributed by atoms with E-state index in [1.807, 2.05) is 0 Å². The van der Waals surface area contributed by atoms with Gasteiger partial charge in [-0.15, -0.1) is 0 Å². The number of amides is 1. The second kappa shape index (κ2) is 11.8. The minimum Gasteiger partial charge on any atom is -0.444 e. The van der Waals surface area contributed by atoms with Crippen molar-refractivity contribution in [1.82, 2.24) is 15.1 Å². The van der Waals surface area contributed by atoms with E-state index in [-0.39, 0.29) is 11.4 Å². The third-order valence-corrected chi connectivity index (χ3v) is 5.26. The van der Waals surface area contributed by atoms with Crippen LogP contribution in [0.5, 0.6) is 0 Å². The van der Waals surface area contributed by atoms with E-state index in [0.29, 0.717) is 38.9 Å². The highest BCUT2D eigenvalue weighted by molar-refractivity contribution is 7.89. The summed E-state index contributed by atoms with van der Waals surface area (Å²) in [5.41, 5.74) is -1.05. The maximum atomic E-state index is 12.3. The topological polar surface area (TPSA) is 151 Å². The van der Waals surface area contributed by atoms with Gasteiger partial charge >= 0.3 is 6.09 Å². The van der Waals surface area contributed by atoms with Crippen molar-refractivity contribution in [2.75, 3.05) is 26.2 Å². The zero-order chi connectivity index (χ0) is 22.8. The van der Waals surface area contributed by atoms with E-state index in [4.69, 9.17) is 4.74 Å². The molecule has 170 valence electrons. The van der Waals surface area contributed by atoms with Crippen LogP contribution in [0.25, 0.3) is 0 Å². The summed E-state index contributed by atoms with van der Waals surface area (Å²) >= 11 is 0. The number of ether oxygens (including phenoxy) is 1. The lowest BCUT2D eigenvalue weighted by molar-refractivity contribution is -0.387. The Morgan fingerprint density at radius 1 is 1.17 bits per heavy atom. The molecule has 1 amide bonds. The molecule has 1 rings (SSSR count). The van der Waals surface area contributed by atoms with E-state index < -0.39 is 32.3 Å². The number of benzene rings is 1. The summed E-state index contributed by atoms with van der Waals surface area (Å²) < 4.78 is 31.9. The van der Waals surface area contributed by atoms with Crippen LogP contribution >= 0.6 is 0 Å². The standard InChI is InChI=1S/C18H30N4O7S/c1-18(2,3)29-17(23)19-11-8-14-21(24)13-7-6-12-20-30(27,28)16-10-5-4-9-15(16)22(25)26/h4-5,9-10,20,24H,6-8,11-14H2,1-3H3,(H,19,23). The Bertz CT molecular complexity index is 809. The number of para-hydroxylation sites is 1. The number of rotatable bonds is 12. The van der Waals surface area contributed by atoms with E-state index in [9.17, 15) is 28.5 Å². The van der Waals surface area contributed by atoms with Gasteiger partial charge in [0.05, 0.1) is 4.92 Å². The van der Waals surface area contributed by atoms with Crippen molar-refractivity contribution < 1.29 is 28.1 Å². The van der Waals surface area contributed by atoms with Crippen molar-refractivity contribution in [1.29, 1.82) is 0 Å². The third kappa shape index (κ3) is 9.96. The quantitative estimate of drug-likeness (QED) is 0.251. The van der Waals surface area contributed by atoms with Crippen LogP contribution in [0.4, 0.5) is 10.5 Å². The van der Waals surface area contributed by atoms with Gasteiger partial charge < -0.3 is 15.3 Å². The van der Waals surface area contributed by atoms with E-state index in [1.54, 1.807) is 20.8 Å². The van der Waals surface area contributed by atoms with Gasteiger partial charge in [-0.1, -0.05) is 12.1 Å². The monoisotopic (exact) mass is 446 g/mol. The minimum absolute atomic E-state index is 0.0857. The average molecular weight is 447 g/mol. The highest BCUT2D eigenvalue weighted by Crippen LogP contribution is 2.22. The highest BCUT2D eigenvalue weighted by atomic mass is 32.2. The van der Waals surface area contributed by atoms with Gasteiger partial charge in [0.15, 0.2) is 4.90 Å². The largest absolute Gasteiger partial charge is 0.444 e. The molecule has 3 N–H and O–H groups in total. The molecule has 1 aromatic rings. The van der Waals surface area contributed by atoms with Gasteiger partial charge in [0.25, 0.3) is 5.69 Å². The van der Waals surface area contributed by atoms with Crippen LogP contribution in [0.2, 0.25) is 0 Å². The molecule has 0 aliphatic rings. The summed E-state index contributed by atoms with van der Waals surface area (Å²) in [7, 11) is -4.00. The number of hydroxylamine groups is 2. The fraction of sp³-hybridized carbons (Fsp3) is 0.611. The number of carbonyl (C=O) groups excluding carboxylic acids is 1. The Morgan fingerprint density at radius 3 is 2.43 bits per heavy atom.